The lowest BCUT2D eigenvalue weighted by Gasteiger charge is -2.34. The van der Waals surface area contributed by atoms with Crippen LogP contribution in [0, 0.1) is 6.92 Å². The third-order valence-electron chi connectivity index (χ3n) is 5.16. The Labute approximate surface area is 175 Å². The molecule has 7 heteroatoms. The topological polar surface area (TPSA) is 61.6 Å². The molecule has 3 aromatic rings. The Morgan fingerprint density at radius 1 is 1.14 bits per heavy atom. The molecule has 0 radical (unpaired) electrons. The number of rotatable bonds is 7. The molecule has 1 atom stereocenters. The van der Waals surface area contributed by atoms with Gasteiger partial charge in [-0.05, 0) is 23.9 Å². The van der Waals surface area contributed by atoms with Gasteiger partial charge in [0.15, 0.2) is 0 Å². The van der Waals surface area contributed by atoms with Gasteiger partial charge in [0.05, 0.1) is 18.3 Å². The number of nitrogens with one attached hydrogen (secondary N) is 1. The molecule has 1 aliphatic rings. The van der Waals surface area contributed by atoms with Crippen LogP contribution in [-0.2, 0) is 11.3 Å². The van der Waals surface area contributed by atoms with Gasteiger partial charge in [-0.15, -0.1) is 11.3 Å². The monoisotopic (exact) mass is 410 g/mol. The maximum atomic E-state index is 12.8. The van der Waals surface area contributed by atoms with E-state index in [9.17, 15) is 4.79 Å². The van der Waals surface area contributed by atoms with E-state index in [1.807, 2.05) is 42.6 Å². The SMILES string of the molecule is Cc1cc(CN2CCN(CC(=O)N[C@@H](c3ccccc3)c3cccs3)CC2)no1. The number of thiophene rings is 1. The lowest BCUT2D eigenvalue weighted by Crippen LogP contribution is -2.49. The van der Waals surface area contributed by atoms with Crippen molar-refractivity contribution in [2.75, 3.05) is 32.7 Å². The van der Waals surface area contributed by atoms with E-state index in [2.05, 4.69) is 38.5 Å². The molecule has 1 saturated heterocycles. The van der Waals surface area contributed by atoms with Crippen molar-refractivity contribution in [2.45, 2.75) is 19.5 Å². The van der Waals surface area contributed by atoms with Crippen LogP contribution in [0.25, 0.3) is 0 Å². The summed E-state index contributed by atoms with van der Waals surface area (Å²) in [6, 6.07) is 16.1. The molecule has 29 heavy (non-hydrogen) atoms. The van der Waals surface area contributed by atoms with Crippen LogP contribution in [-0.4, -0.2) is 53.6 Å². The smallest absolute Gasteiger partial charge is 0.234 e. The number of amides is 1. The first-order valence-corrected chi connectivity index (χ1v) is 10.8. The van der Waals surface area contributed by atoms with Gasteiger partial charge in [-0.2, -0.15) is 0 Å². The first kappa shape index (κ1) is 19.8. The summed E-state index contributed by atoms with van der Waals surface area (Å²) in [6.07, 6.45) is 0. The Bertz CT molecular complexity index is 902. The van der Waals surface area contributed by atoms with Crippen molar-refractivity contribution < 1.29 is 9.32 Å². The van der Waals surface area contributed by atoms with E-state index in [4.69, 9.17) is 4.52 Å². The van der Waals surface area contributed by atoms with Crippen LogP contribution >= 0.6 is 11.3 Å². The Morgan fingerprint density at radius 3 is 2.55 bits per heavy atom. The Hall–Kier alpha value is -2.48. The average Bonchev–Trinajstić information content (AvgIpc) is 3.40. The minimum atomic E-state index is -0.0969. The lowest BCUT2D eigenvalue weighted by molar-refractivity contribution is -0.123. The third-order valence-corrected chi connectivity index (χ3v) is 6.10. The van der Waals surface area contributed by atoms with E-state index in [-0.39, 0.29) is 11.9 Å². The quantitative estimate of drug-likeness (QED) is 0.649. The second-order valence-corrected chi connectivity index (χ2v) is 8.39. The van der Waals surface area contributed by atoms with Gasteiger partial charge in [0.1, 0.15) is 5.76 Å². The number of aryl methyl sites for hydroxylation is 1. The van der Waals surface area contributed by atoms with Crippen LogP contribution < -0.4 is 5.32 Å². The second kappa shape index (κ2) is 9.35. The zero-order valence-corrected chi connectivity index (χ0v) is 17.4. The lowest BCUT2D eigenvalue weighted by atomic mass is 10.1. The summed E-state index contributed by atoms with van der Waals surface area (Å²) in [5, 5.41) is 9.35. The van der Waals surface area contributed by atoms with Crippen LogP contribution in [0.15, 0.2) is 58.4 Å². The third kappa shape index (κ3) is 5.32. The van der Waals surface area contributed by atoms with Crippen LogP contribution in [0.3, 0.4) is 0 Å². The van der Waals surface area contributed by atoms with Crippen molar-refractivity contribution in [3.8, 4) is 0 Å². The normalized spacial score (nSPS) is 16.6. The summed E-state index contributed by atoms with van der Waals surface area (Å²) in [5.74, 6) is 0.904. The van der Waals surface area contributed by atoms with Gasteiger partial charge in [0.2, 0.25) is 5.91 Å². The highest BCUT2D eigenvalue weighted by Crippen LogP contribution is 2.25. The molecule has 0 unspecified atom stereocenters. The first-order valence-electron chi connectivity index (χ1n) is 9.92. The van der Waals surface area contributed by atoms with Gasteiger partial charge in [0, 0.05) is 43.7 Å². The summed E-state index contributed by atoms with van der Waals surface area (Å²) in [4.78, 5) is 18.5. The maximum absolute atomic E-state index is 12.8. The zero-order valence-electron chi connectivity index (χ0n) is 16.6. The highest BCUT2D eigenvalue weighted by Gasteiger charge is 2.22. The van der Waals surface area contributed by atoms with Crippen LogP contribution in [0.2, 0.25) is 0 Å². The van der Waals surface area contributed by atoms with Gasteiger partial charge < -0.3 is 9.84 Å². The fraction of sp³-hybridized carbons (Fsp3) is 0.364. The standard InChI is InChI=1S/C22H26N4O2S/c1-17-14-19(24-28-17)15-25-9-11-26(12-10-25)16-21(27)23-22(20-8-5-13-29-20)18-6-3-2-4-7-18/h2-8,13-14,22H,9-12,15-16H2,1H3,(H,23,27)/t22-/m0/s1. The maximum Gasteiger partial charge on any atom is 0.234 e. The molecule has 0 saturated carbocycles. The average molecular weight is 411 g/mol. The summed E-state index contributed by atoms with van der Waals surface area (Å²) in [7, 11) is 0. The molecule has 1 fully saturated rings. The van der Waals surface area contributed by atoms with Gasteiger partial charge >= 0.3 is 0 Å². The highest BCUT2D eigenvalue weighted by atomic mass is 32.1. The number of piperazine rings is 1. The molecule has 4 rings (SSSR count). The summed E-state index contributed by atoms with van der Waals surface area (Å²) in [6.45, 7) is 6.72. The number of hydrogen-bond donors (Lipinski definition) is 1. The Kier molecular flexibility index (Phi) is 6.39. The van der Waals surface area contributed by atoms with Crippen LogP contribution in [0.1, 0.15) is 27.9 Å². The molecule has 0 spiro atoms. The molecular formula is C22H26N4O2S. The van der Waals surface area contributed by atoms with Crippen molar-refractivity contribution in [2.24, 2.45) is 0 Å². The largest absolute Gasteiger partial charge is 0.361 e. The number of carbonyl (C=O) groups is 1. The molecule has 0 aliphatic carbocycles. The van der Waals surface area contributed by atoms with E-state index >= 15 is 0 Å². The first-order chi connectivity index (χ1) is 14.2. The molecular weight excluding hydrogens is 384 g/mol. The Morgan fingerprint density at radius 2 is 1.90 bits per heavy atom. The van der Waals surface area contributed by atoms with E-state index in [0.29, 0.717) is 6.54 Å². The molecule has 1 aliphatic heterocycles. The summed E-state index contributed by atoms with van der Waals surface area (Å²) < 4.78 is 5.14. The van der Waals surface area contributed by atoms with Crippen molar-refractivity contribution in [3.63, 3.8) is 0 Å². The number of hydrogen-bond acceptors (Lipinski definition) is 6. The van der Waals surface area contributed by atoms with Crippen molar-refractivity contribution in [1.82, 2.24) is 20.3 Å². The minimum Gasteiger partial charge on any atom is -0.361 e. The van der Waals surface area contributed by atoms with Crippen LogP contribution in [0.5, 0.6) is 0 Å². The van der Waals surface area contributed by atoms with Crippen molar-refractivity contribution >= 4 is 17.2 Å². The predicted octanol–water partition coefficient (Wildman–Crippen LogP) is 3.07. The van der Waals surface area contributed by atoms with Gasteiger partial charge in [0.25, 0.3) is 0 Å². The zero-order chi connectivity index (χ0) is 20.1. The molecule has 1 aromatic carbocycles. The number of benzene rings is 1. The van der Waals surface area contributed by atoms with E-state index in [1.54, 1.807) is 11.3 Å². The predicted molar refractivity (Wildman–Crippen MR) is 114 cm³/mol. The molecule has 152 valence electrons. The van der Waals surface area contributed by atoms with Crippen molar-refractivity contribution in [1.29, 1.82) is 0 Å². The molecule has 6 nitrogen and oxygen atoms in total. The summed E-state index contributed by atoms with van der Waals surface area (Å²) in [5.41, 5.74) is 2.08. The van der Waals surface area contributed by atoms with Gasteiger partial charge in [-0.1, -0.05) is 41.6 Å². The summed E-state index contributed by atoms with van der Waals surface area (Å²) >= 11 is 1.67. The molecule has 1 N–H and O–H groups in total. The van der Waals surface area contributed by atoms with E-state index in [1.165, 1.54) is 0 Å². The molecule has 1 amide bonds. The van der Waals surface area contributed by atoms with E-state index < -0.39 is 0 Å². The van der Waals surface area contributed by atoms with Crippen molar-refractivity contribution in [3.05, 3.63) is 75.8 Å². The second-order valence-electron chi connectivity index (χ2n) is 7.41. The fourth-order valence-corrected chi connectivity index (χ4v) is 4.46. The fourth-order valence-electron chi connectivity index (χ4n) is 3.66. The molecule has 3 heterocycles. The van der Waals surface area contributed by atoms with Gasteiger partial charge in [-0.3, -0.25) is 14.6 Å². The van der Waals surface area contributed by atoms with Crippen LogP contribution in [0.4, 0.5) is 0 Å². The Balaban J connectivity index is 1.30. The molecule has 0 bridgehead atoms. The number of nitrogens with zero attached hydrogens (tertiary/aromatic N) is 3. The molecule has 2 aromatic heterocycles. The number of carbonyl (C=O) groups excluding carboxylic acids is 1. The van der Waals surface area contributed by atoms with E-state index in [0.717, 1.165) is 54.6 Å². The highest BCUT2D eigenvalue weighted by molar-refractivity contribution is 7.10. The van der Waals surface area contributed by atoms with Gasteiger partial charge in [-0.25, -0.2) is 0 Å². The minimum absolute atomic E-state index is 0.0628. The number of aromatic nitrogens is 1.